The predicted molar refractivity (Wildman–Crippen MR) is 147 cm³/mol. The average Bonchev–Trinajstić information content (AvgIpc) is 3.13. The van der Waals surface area contributed by atoms with Gasteiger partial charge in [-0.2, -0.15) is 0 Å². The summed E-state index contributed by atoms with van der Waals surface area (Å²) in [6, 6.07) is 15.6. The standard InChI is InChI=1S/C27H29ClN2O4S2/c1-16(2)22-14-23(17(3)12-25(22)34-5)18(4)29-36(32,33)21-10-11-24-26(13-21)35-27(31)30(24)15-19-6-8-20(28)9-7-19/h6-14,16,18,29H,15H2,1-5H3. The first-order valence-corrected chi connectivity index (χ1v) is 14.3. The van der Waals surface area contributed by atoms with E-state index in [-0.39, 0.29) is 15.7 Å². The summed E-state index contributed by atoms with van der Waals surface area (Å²) in [6.45, 7) is 8.30. The Morgan fingerprint density at radius 3 is 2.36 bits per heavy atom. The maximum atomic E-state index is 13.3. The zero-order valence-corrected chi connectivity index (χ0v) is 23.2. The molecule has 0 spiro atoms. The molecule has 0 aliphatic rings. The van der Waals surface area contributed by atoms with Crippen LogP contribution in [0.2, 0.25) is 5.02 Å². The molecule has 0 fully saturated rings. The van der Waals surface area contributed by atoms with E-state index in [0.29, 0.717) is 21.8 Å². The molecule has 1 N–H and O–H groups in total. The second kappa shape index (κ2) is 10.4. The molecule has 36 heavy (non-hydrogen) atoms. The van der Waals surface area contributed by atoms with Crippen LogP contribution in [-0.2, 0) is 16.6 Å². The highest BCUT2D eigenvalue weighted by atomic mass is 35.5. The van der Waals surface area contributed by atoms with Crippen molar-refractivity contribution in [3.8, 4) is 5.75 Å². The van der Waals surface area contributed by atoms with Gasteiger partial charge in [0.2, 0.25) is 10.0 Å². The van der Waals surface area contributed by atoms with E-state index in [1.165, 1.54) is 0 Å². The number of aromatic nitrogens is 1. The molecule has 190 valence electrons. The maximum absolute atomic E-state index is 13.3. The minimum atomic E-state index is -3.83. The van der Waals surface area contributed by atoms with E-state index in [9.17, 15) is 13.2 Å². The van der Waals surface area contributed by atoms with E-state index in [4.69, 9.17) is 16.3 Å². The summed E-state index contributed by atoms with van der Waals surface area (Å²) >= 11 is 7.00. The van der Waals surface area contributed by atoms with Crippen molar-refractivity contribution >= 4 is 43.2 Å². The molecule has 0 aliphatic heterocycles. The van der Waals surface area contributed by atoms with Crippen molar-refractivity contribution in [1.29, 1.82) is 0 Å². The van der Waals surface area contributed by atoms with Crippen LogP contribution in [0.3, 0.4) is 0 Å². The van der Waals surface area contributed by atoms with Gasteiger partial charge in [0.25, 0.3) is 0 Å². The number of benzene rings is 3. The van der Waals surface area contributed by atoms with Gasteiger partial charge in [-0.15, -0.1) is 0 Å². The Morgan fingerprint density at radius 2 is 1.72 bits per heavy atom. The lowest BCUT2D eigenvalue weighted by molar-refractivity contribution is 0.406. The van der Waals surface area contributed by atoms with E-state index in [1.807, 2.05) is 38.1 Å². The number of hydrogen-bond acceptors (Lipinski definition) is 5. The molecule has 9 heteroatoms. The number of ether oxygens (including phenoxy) is 1. The number of nitrogens with zero attached hydrogens (tertiary/aromatic N) is 1. The van der Waals surface area contributed by atoms with E-state index in [2.05, 4.69) is 18.6 Å². The van der Waals surface area contributed by atoms with Crippen molar-refractivity contribution in [2.24, 2.45) is 0 Å². The van der Waals surface area contributed by atoms with Gasteiger partial charge in [-0.25, -0.2) is 13.1 Å². The van der Waals surface area contributed by atoms with E-state index >= 15 is 0 Å². The van der Waals surface area contributed by atoms with Crippen LogP contribution < -0.4 is 14.3 Å². The Kier molecular flexibility index (Phi) is 7.61. The monoisotopic (exact) mass is 544 g/mol. The molecule has 1 heterocycles. The van der Waals surface area contributed by atoms with E-state index in [1.54, 1.807) is 42.0 Å². The Balaban J connectivity index is 1.63. The Hall–Kier alpha value is -2.65. The summed E-state index contributed by atoms with van der Waals surface area (Å²) in [4.78, 5) is 12.7. The SMILES string of the molecule is COc1cc(C)c(C(C)NS(=O)(=O)c2ccc3c(c2)sc(=O)n3Cc2ccc(Cl)cc2)cc1C(C)C. The van der Waals surface area contributed by atoms with Gasteiger partial charge < -0.3 is 4.74 Å². The van der Waals surface area contributed by atoms with Crippen molar-refractivity contribution in [3.63, 3.8) is 0 Å². The molecule has 1 atom stereocenters. The second-order valence-corrected chi connectivity index (χ2v) is 12.3. The summed E-state index contributed by atoms with van der Waals surface area (Å²) in [5.41, 5.74) is 4.49. The fourth-order valence-corrected chi connectivity index (χ4v) is 6.69. The van der Waals surface area contributed by atoms with Gasteiger partial charge in [-0.3, -0.25) is 9.36 Å². The smallest absolute Gasteiger partial charge is 0.308 e. The highest BCUT2D eigenvalue weighted by molar-refractivity contribution is 7.89. The fraction of sp³-hybridized carbons (Fsp3) is 0.296. The van der Waals surface area contributed by atoms with Crippen molar-refractivity contribution in [3.05, 3.63) is 91.5 Å². The van der Waals surface area contributed by atoms with Crippen LogP contribution in [0.5, 0.6) is 5.75 Å². The van der Waals surface area contributed by atoms with Gasteiger partial charge in [-0.05, 0) is 84.5 Å². The van der Waals surface area contributed by atoms with Gasteiger partial charge in [0, 0.05) is 11.1 Å². The van der Waals surface area contributed by atoms with Crippen molar-refractivity contribution in [2.75, 3.05) is 7.11 Å². The van der Waals surface area contributed by atoms with Gasteiger partial charge in [0.15, 0.2) is 0 Å². The van der Waals surface area contributed by atoms with Crippen LogP contribution in [-0.4, -0.2) is 20.1 Å². The molecule has 0 saturated carbocycles. The Bertz CT molecular complexity index is 1570. The molecule has 1 aromatic heterocycles. The van der Waals surface area contributed by atoms with Crippen molar-refractivity contribution in [1.82, 2.24) is 9.29 Å². The van der Waals surface area contributed by atoms with Crippen LogP contribution in [0.4, 0.5) is 0 Å². The summed E-state index contributed by atoms with van der Waals surface area (Å²) < 4.78 is 37.2. The molecule has 0 saturated heterocycles. The number of methoxy groups -OCH3 is 1. The summed E-state index contributed by atoms with van der Waals surface area (Å²) in [5, 5.41) is 0.628. The lowest BCUT2D eigenvalue weighted by atomic mass is 9.94. The number of fused-ring (bicyclic) bond motifs is 1. The fourth-order valence-electron chi connectivity index (χ4n) is 4.31. The molecule has 0 bridgehead atoms. The lowest BCUT2D eigenvalue weighted by Crippen LogP contribution is -2.27. The minimum absolute atomic E-state index is 0.122. The minimum Gasteiger partial charge on any atom is -0.496 e. The molecule has 3 aromatic carbocycles. The molecule has 0 radical (unpaired) electrons. The highest BCUT2D eigenvalue weighted by Gasteiger charge is 2.22. The maximum Gasteiger partial charge on any atom is 0.308 e. The van der Waals surface area contributed by atoms with Crippen molar-refractivity contribution in [2.45, 2.75) is 51.1 Å². The quantitative estimate of drug-likeness (QED) is 0.284. The number of halogens is 1. The van der Waals surface area contributed by atoms with Crippen LogP contribution in [0.1, 0.15) is 55.0 Å². The second-order valence-electron chi connectivity index (χ2n) is 9.16. The normalized spacial score (nSPS) is 12.9. The molecule has 1 unspecified atom stereocenters. The zero-order valence-electron chi connectivity index (χ0n) is 20.8. The first-order valence-electron chi connectivity index (χ1n) is 11.6. The molecule has 0 amide bonds. The number of aryl methyl sites for hydroxylation is 1. The summed E-state index contributed by atoms with van der Waals surface area (Å²) in [6.07, 6.45) is 0. The number of nitrogens with one attached hydrogen (secondary N) is 1. The molecule has 4 rings (SSSR count). The number of rotatable bonds is 8. The van der Waals surface area contributed by atoms with Gasteiger partial charge >= 0.3 is 4.87 Å². The molecule has 0 aliphatic carbocycles. The first-order chi connectivity index (χ1) is 17.0. The number of thiazole rings is 1. The third kappa shape index (κ3) is 5.37. The van der Waals surface area contributed by atoms with Crippen LogP contribution >= 0.6 is 22.9 Å². The molecular weight excluding hydrogens is 516 g/mol. The summed E-state index contributed by atoms with van der Waals surface area (Å²) in [5.74, 6) is 1.02. The first kappa shape index (κ1) is 26.4. The van der Waals surface area contributed by atoms with Crippen molar-refractivity contribution < 1.29 is 13.2 Å². The summed E-state index contributed by atoms with van der Waals surface area (Å²) in [7, 11) is -2.19. The van der Waals surface area contributed by atoms with Crippen LogP contribution in [0.25, 0.3) is 10.2 Å². The topological polar surface area (TPSA) is 77.4 Å². The predicted octanol–water partition coefficient (Wildman–Crippen LogP) is 6.24. The molecule has 4 aromatic rings. The van der Waals surface area contributed by atoms with E-state index < -0.39 is 16.1 Å². The van der Waals surface area contributed by atoms with Gasteiger partial charge in [0.05, 0.1) is 28.8 Å². The van der Waals surface area contributed by atoms with Gasteiger partial charge in [0.1, 0.15) is 5.75 Å². The lowest BCUT2D eigenvalue weighted by Gasteiger charge is -2.21. The Morgan fingerprint density at radius 1 is 1.03 bits per heavy atom. The Labute approximate surface area is 220 Å². The molecular formula is C27H29ClN2O4S2. The largest absolute Gasteiger partial charge is 0.496 e. The zero-order chi connectivity index (χ0) is 26.2. The van der Waals surface area contributed by atoms with E-state index in [0.717, 1.165) is 39.3 Å². The van der Waals surface area contributed by atoms with Crippen LogP contribution in [0, 0.1) is 6.92 Å². The third-order valence-electron chi connectivity index (χ3n) is 6.24. The number of hydrogen-bond donors (Lipinski definition) is 1. The highest BCUT2D eigenvalue weighted by Crippen LogP contribution is 2.33. The number of sulfonamides is 1. The third-order valence-corrected chi connectivity index (χ3v) is 8.98. The molecule has 6 nitrogen and oxygen atoms in total. The average molecular weight is 545 g/mol. The van der Waals surface area contributed by atoms with Crippen LogP contribution in [0.15, 0.2) is 64.3 Å². The van der Waals surface area contributed by atoms with Gasteiger partial charge in [-0.1, -0.05) is 48.9 Å².